The topological polar surface area (TPSA) is 70.6 Å². The van der Waals surface area contributed by atoms with Crippen molar-refractivity contribution in [1.29, 1.82) is 0 Å². The minimum Gasteiger partial charge on any atom is -0.302 e. The van der Waals surface area contributed by atoms with E-state index in [-0.39, 0.29) is 23.2 Å². The average molecular weight is 559 g/mol. The monoisotopic (exact) mass is 557 g/mol. The number of para-hydroxylation sites is 1. The number of nitrogens with zero attached hydrogens (tertiary/aromatic N) is 3. The number of likely N-dealkylation sites (N-methyl/N-ethyl adjacent to an activating group) is 1. The number of aromatic nitrogens is 1. The number of fused-ring (bicyclic) bond motifs is 2. The molecule has 0 aliphatic heterocycles. The summed E-state index contributed by atoms with van der Waals surface area (Å²) in [6, 6.07) is 12.7. The molecule has 0 aliphatic rings. The molecule has 2 aromatic heterocycles. The smallest absolute Gasteiger partial charge is 0.271 e. The highest BCUT2D eigenvalue weighted by atomic mass is 35.5. The molecule has 0 bridgehead atoms. The molecule has 4 aromatic rings. The molecule has 0 aliphatic carbocycles. The molecule has 0 atom stereocenters. The Bertz CT molecular complexity index is 1430. The molecule has 2 heterocycles. The molecular formula is C23H25Cl2N3O3S3. The number of amides is 1. The summed E-state index contributed by atoms with van der Waals surface area (Å²) in [5.41, 5.74) is 0.392. The van der Waals surface area contributed by atoms with Gasteiger partial charge in [0, 0.05) is 29.4 Å². The first-order valence-corrected chi connectivity index (χ1v) is 14.5. The summed E-state index contributed by atoms with van der Waals surface area (Å²) in [5, 5.41) is 1.75. The highest BCUT2D eigenvalue weighted by Gasteiger charge is 2.27. The van der Waals surface area contributed by atoms with E-state index in [9.17, 15) is 13.2 Å². The fourth-order valence-corrected chi connectivity index (χ4v) is 7.04. The molecule has 1 amide bonds. The number of carbonyl (C=O) groups is 1. The standard InChI is InChI=1S/C23H24ClN3O3S3.ClH/c1-4-26(5-2)13-14-27(22(28)21-19(24)15-9-6-7-10-16(15)31-21)23-25-20-17(32-23)11-8-12-18(20)33(3,29)30;/h6-12H,4-5,13-14H2,1-3H3;1H. The third-order valence-corrected chi connectivity index (χ3v) is 9.34. The number of hydrogen-bond donors (Lipinski definition) is 0. The van der Waals surface area contributed by atoms with Crippen molar-refractivity contribution in [3.05, 3.63) is 52.4 Å². The van der Waals surface area contributed by atoms with Crippen molar-refractivity contribution in [2.24, 2.45) is 0 Å². The van der Waals surface area contributed by atoms with Gasteiger partial charge in [-0.3, -0.25) is 9.69 Å². The summed E-state index contributed by atoms with van der Waals surface area (Å²) in [4.78, 5) is 22.9. The Labute approximate surface area is 218 Å². The minimum absolute atomic E-state index is 0. The van der Waals surface area contributed by atoms with Gasteiger partial charge in [-0.1, -0.05) is 61.1 Å². The van der Waals surface area contributed by atoms with Gasteiger partial charge in [0.05, 0.1) is 14.6 Å². The van der Waals surface area contributed by atoms with E-state index in [0.29, 0.717) is 33.6 Å². The lowest BCUT2D eigenvalue weighted by Gasteiger charge is -2.24. The molecule has 182 valence electrons. The van der Waals surface area contributed by atoms with Crippen molar-refractivity contribution in [3.8, 4) is 0 Å². The van der Waals surface area contributed by atoms with E-state index >= 15 is 0 Å². The minimum atomic E-state index is -3.46. The first kappa shape index (κ1) is 26.8. The highest BCUT2D eigenvalue weighted by molar-refractivity contribution is 7.91. The third kappa shape index (κ3) is 5.24. The molecule has 0 saturated heterocycles. The Balaban J connectivity index is 0.00000324. The van der Waals surface area contributed by atoms with Crippen molar-refractivity contribution in [3.63, 3.8) is 0 Å². The molecular weight excluding hydrogens is 533 g/mol. The lowest BCUT2D eigenvalue weighted by Crippen LogP contribution is -2.38. The van der Waals surface area contributed by atoms with Crippen LogP contribution in [-0.2, 0) is 9.84 Å². The van der Waals surface area contributed by atoms with E-state index in [1.54, 1.807) is 17.0 Å². The summed E-state index contributed by atoms with van der Waals surface area (Å²) < 4.78 is 26.2. The van der Waals surface area contributed by atoms with E-state index in [1.165, 1.54) is 28.9 Å². The number of carbonyl (C=O) groups excluding carboxylic acids is 1. The van der Waals surface area contributed by atoms with Gasteiger partial charge in [0.2, 0.25) is 0 Å². The molecule has 11 heteroatoms. The van der Waals surface area contributed by atoms with Gasteiger partial charge in [-0.05, 0) is 31.3 Å². The number of thiazole rings is 1. The molecule has 0 unspecified atom stereocenters. The van der Waals surface area contributed by atoms with Gasteiger partial charge < -0.3 is 4.90 Å². The first-order chi connectivity index (χ1) is 15.7. The van der Waals surface area contributed by atoms with Gasteiger partial charge in [-0.2, -0.15) is 0 Å². The molecule has 0 saturated carbocycles. The third-order valence-electron chi connectivity index (χ3n) is 5.51. The zero-order valence-electron chi connectivity index (χ0n) is 18.9. The molecule has 0 N–H and O–H groups in total. The van der Waals surface area contributed by atoms with Crippen LogP contribution < -0.4 is 4.90 Å². The Morgan fingerprint density at radius 3 is 2.32 bits per heavy atom. The number of halogens is 2. The van der Waals surface area contributed by atoms with Gasteiger partial charge in [-0.25, -0.2) is 13.4 Å². The van der Waals surface area contributed by atoms with Crippen molar-refractivity contribution in [2.45, 2.75) is 18.7 Å². The summed E-state index contributed by atoms with van der Waals surface area (Å²) in [5.74, 6) is -0.228. The van der Waals surface area contributed by atoms with Crippen molar-refractivity contribution >= 4 is 87.9 Å². The second kappa shape index (κ2) is 10.9. The van der Waals surface area contributed by atoms with E-state index in [1.807, 2.05) is 30.3 Å². The summed E-state index contributed by atoms with van der Waals surface area (Å²) in [7, 11) is -3.46. The lowest BCUT2D eigenvalue weighted by molar-refractivity contribution is 0.0988. The second-order valence-electron chi connectivity index (χ2n) is 7.60. The Hall–Kier alpha value is -1.75. The van der Waals surface area contributed by atoms with Gasteiger partial charge >= 0.3 is 0 Å². The number of hydrogen-bond acceptors (Lipinski definition) is 7. The number of rotatable bonds is 8. The van der Waals surface area contributed by atoms with Crippen LogP contribution in [0, 0.1) is 0 Å². The number of sulfone groups is 1. The summed E-state index contributed by atoms with van der Waals surface area (Å²) >= 11 is 9.29. The van der Waals surface area contributed by atoms with E-state index in [2.05, 4.69) is 23.7 Å². The highest BCUT2D eigenvalue weighted by Crippen LogP contribution is 2.38. The molecule has 34 heavy (non-hydrogen) atoms. The largest absolute Gasteiger partial charge is 0.302 e. The SMILES string of the molecule is CCN(CC)CCN(C(=O)c1sc2ccccc2c1Cl)c1nc2c(S(C)(=O)=O)cccc2s1.Cl. The lowest BCUT2D eigenvalue weighted by atomic mass is 10.2. The zero-order valence-corrected chi connectivity index (χ0v) is 23.0. The van der Waals surface area contributed by atoms with Crippen molar-refractivity contribution < 1.29 is 13.2 Å². The number of thiophene rings is 1. The van der Waals surface area contributed by atoms with Crippen molar-refractivity contribution in [1.82, 2.24) is 9.88 Å². The van der Waals surface area contributed by atoms with E-state index in [0.717, 1.165) is 27.9 Å². The van der Waals surface area contributed by atoms with Gasteiger partial charge in [0.1, 0.15) is 10.4 Å². The molecule has 6 nitrogen and oxygen atoms in total. The number of anilines is 1. The van der Waals surface area contributed by atoms with Crippen LogP contribution in [0.1, 0.15) is 23.5 Å². The molecule has 2 aromatic carbocycles. The van der Waals surface area contributed by atoms with Crippen LogP contribution >= 0.6 is 46.7 Å². The van der Waals surface area contributed by atoms with Crippen LogP contribution in [0.5, 0.6) is 0 Å². The average Bonchev–Trinajstić information content (AvgIpc) is 3.37. The van der Waals surface area contributed by atoms with Crippen LogP contribution in [0.3, 0.4) is 0 Å². The molecule has 0 spiro atoms. The van der Waals surface area contributed by atoms with Crippen LogP contribution in [0.4, 0.5) is 5.13 Å². The Morgan fingerprint density at radius 1 is 1.00 bits per heavy atom. The fraction of sp³-hybridized carbons (Fsp3) is 0.304. The maximum atomic E-state index is 13.8. The maximum absolute atomic E-state index is 13.8. The second-order valence-corrected chi connectivity index (χ2v) is 12.0. The van der Waals surface area contributed by atoms with E-state index in [4.69, 9.17) is 11.6 Å². The summed E-state index contributed by atoms with van der Waals surface area (Å²) in [6.45, 7) is 6.96. The fourth-order valence-electron chi connectivity index (χ4n) is 3.67. The van der Waals surface area contributed by atoms with Crippen LogP contribution in [0.15, 0.2) is 47.4 Å². The zero-order chi connectivity index (χ0) is 23.8. The molecule has 0 radical (unpaired) electrons. The van der Waals surface area contributed by atoms with Gasteiger partial charge in [0.25, 0.3) is 5.91 Å². The Kier molecular flexibility index (Phi) is 8.60. The first-order valence-electron chi connectivity index (χ1n) is 10.6. The predicted molar refractivity (Wildman–Crippen MR) is 146 cm³/mol. The Morgan fingerprint density at radius 2 is 1.68 bits per heavy atom. The molecule has 4 rings (SSSR count). The van der Waals surface area contributed by atoms with Crippen molar-refractivity contribution in [2.75, 3.05) is 37.3 Å². The van der Waals surface area contributed by atoms with Crippen LogP contribution in [0.25, 0.3) is 20.3 Å². The predicted octanol–water partition coefficient (Wildman–Crippen LogP) is 5.98. The quantitative estimate of drug-likeness (QED) is 0.266. The number of benzene rings is 2. The van der Waals surface area contributed by atoms with Crippen LogP contribution in [0.2, 0.25) is 5.02 Å². The maximum Gasteiger partial charge on any atom is 0.271 e. The molecule has 0 fully saturated rings. The van der Waals surface area contributed by atoms with E-state index < -0.39 is 9.84 Å². The van der Waals surface area contributed by atoms with Gasteiger partial charge in [0.15, 0.2) is 15.0 Å². The normalized spacial score (nSPS) is 11.8. The van der Waals surface area contributed by atoms with Crippen LogP contribution in [-0.4, -0.2) is 56.6 Å². The van der Waals surface area contributed by atoms with Gasteiger partial charge in [-0.15, -0.1) is 23.7 Å². The summed E-state index contributed by atoms with van der Waals surface area (Å²) in [6.07, 6.45) is 1.17.